The molecule has 0 aliphatic heterocycles. The molecule has 0 saturated carbocycles. The molecule has 3 rings (SSSR count). The number of nitrogens with zero attached hydrogens (tertiary/aromatic N) is 3. The van der Waals surface area contributed by atoms with E-state index in [0.29, 0.717) is 22.6 Å². The summed E-state index contributed by atoms with van der Waals surface area (Å²) in [6.45, 7) is 0. The van der Waals surface area contributed by atoms with Crippen molar-refractivity contribution in [2.45, 2.75) is 0 Å². The van der Waals surface area contributed by atoms with Crippen LogP contribution in [0.2, 0.25) is 5.15 Å². The maximum Gasteiger partial charge on any atom is 0.227 e. The molecule has 1 N–H and O–H groups in total. The van der Waals surface area contributed by atoms with Crippen LogP contribution in [0, 0.1) is 0 Å². The van der Waals surface area contributed by atoms with Gasteiger partial charge in [0.05, 0.1) is 19.9 Å². The van der Waals surface area contributed by atoms with Crippen LogP contribution in [-0.4, -0.2) is 29.2 Å². The van der Waals surface area contributed by atoms with Crippen molar-refractivity contribution >= 4 is 23.2 Å². The summed E-state index contributed by atoms with van der Waals surface area (Å²) in [7, 11) is 3.20. The number of ether oxygens (including phenoxy) is 2. The molecule has 0 radical (unpaired) electrons. The number of pyridine rings is 1. The summed E-state index contributed by atoms with van der Waals surface area (Å²) >= 11 is 5.81. The zero-order chi connectivity index (χ0) is 16.9. The Morgan fingerprint density at radius 1 is 0.958 bits per heavy atom. The number of aromatic nitrogens is 3. The highest BCUT2D eigenvalue weighted by Gasteiger charge is 2.06. The number of nitrogens with one attached hydrogen (secondary N) is 1. The summed E-state index contributed by atoms with van der Waals surface area (Å²) in [6, 6.07) is 10.9. The number of methoxy groups -OCH3 is 2. The van der Waals surface area contributed by atoms with E-state index in [-0.39, 0.29) is 0 Å². The van der Waals surface area contributed by atoms with Gasteiger partial charge in [-0.1, -0.05) is 11.6 Å². The highest BCUT2D eigenvalue weighted by atomic mass is 35.5. The van der Waals surface area contributed by atoms with Gasteiger partial charge in [-0.05, 0) is 18.2 Å². The largest absolute Gasteiger partial charge is 0.497 e. The fourth-order valence-corrected chi connectivity index (χ4v) is 2.23. The standard InChI is InChI=1S/C17H15ClN4O2/c1-23-13-7-12(8-14(9-13)24-2)21-17-19-6-5-15(22-17)11-3-4-16(18)20-10-11/h3-10H,1-2H3,(H,19,21,22). The molecule has 0 atom stereocenters. The fraction of sp³-hybridized carbons (Fsp3) is 0.118. The third kappa shape index (κ3) is 3.72. The smallest absolute Gasteiger partial charge is 0.227 e. The minimum absolute atomic E-state index is 0.439. The molecule has 0 aliphatic carbocycles. The maximum absolute atomic E-state index is 5.81. The van der Waals surface area contributed by atoms with Crippen LogP contribution in [-0.2, 0) is 0 Å². The van der Waals surface area contributed by atoms with Crippen LogP contribution in [0.15, 0.2) is 48.8 Å². The quantitative estimate of drug-likeness (QED) is 0.708. The van der Waals surface area contributed by atoms with Gasteiger partial charge in [0.1, 0.15) is 16.7 Å². The van der Waals surface area contributed by atoms with Crippen LogP contribution in [0.4, 0.5) is 11.6 Å². The van der Waals surface area contributed by atoms with Crippen LogP contribution in [0.1, 0.15) is 0 Å². The summed E-state index contributed by atoms with van der Waals surface area (Å²) in [5.74, 6) is 1.81. The number of rotatable bonds is 5. The van der Waals surface area contributed by atoms with Gasteiger partial charge in [0, 0.05) is 41.8 Å². The Bertz CT molecular complexity index is 818. The molecule has 3 aromatic rings. The Morgan fingerprint density at radius 3 is 2.33 bits per heavy atom. The minimum Gasteiger partial charge on any atom is -0.497 e. The number of hydrogen-bond acceptors (Lipinski definition) is 6. The lowest BCUT2D eigenvalue weighted by Crippen LogP contribution is -1.99. The first-order valence-electron chi connectivity index (χ1n) is 7.13. The second-order valence-corrected chi connectivity index (χ2v) is 5.25. The number of halogens is 1. The van der Waals surface area contributed by atoms with Gasteiger partial charge in [-0.15, -0.1) is 0 Å². The van der Waals surface area contributed by atoms with Crippen molar-refractivity contribution < 1.29 is 9.47 Å². The van der Waals surface area contributed by atoms with Crippen molar-refractivity contribution in [2.75, 3.05) is 19.5 Å². The lowest BCUT2D eigenvalue weighted by molar-refractivity contribution is 0.395. The Balaban J connectivity index is 1.88. The average Bonchev–Trinajstić information content (AvgIpc) is 2.62. The van der Waals surface area contributed by atoms with Crippen molar-refractivity contribution in [3.63, 3.8) is 0 Å². The summed E-state index contributed by atoms with van der Waals surface area (Å²) in [5, 5.41) is 3.59. The van der Waals surface area contributed by atoms with Gasteiger partial charge in [0.25, 0.3) is 0 Å². The van der Waals surface area contributed by atoms with E-state index >= 15 is 0 Å². The molecule has 2 heterocycles. The first kappa shape index (κ1) is 16.0. The predicted octanol–water partition coefficient (Wildman–Crippen LogP) is 3.95. The molecule has 0 spiro atoms. The van der Waals surface area contributed by atoms with Crippen LogP contribution in [0.5, 0.6) is 11.5 Å². The highest BCUT2D eigenvalue weighted by Crippen LogP contribution is 2.27. The molecule has 2 aromatic heterocycles. The molecule has 7 heteroatoms. The van der Waals surface area contributed by atoms with Gasteiger partial charge in [0.2, 0.25) is 5.95 Å². The van der Waals surface area contributed by atoms with Crippen LogP contribution >= 0.6 is 11.6 Å². The van der Waals surface area contributed by atoms with E-state index in [1.165, 1.54) is 0 Å². The monoisotopic (exact) mass is 342 g/mol. The molecule has 0 bridgehead atoms. The average molecular weight is 343 g/mol. The Kier molecular flexibility index (Phi) is 4.77. The van der Waals surface area contributed by atoms with E-state index in [2.05, 4.69) is 20.3 Å². The maximum atomic E-state index is 5.81. The third-order valence-corrected chi connectivity index (χ3v) is 3.51. The first-order valence-corrected chi connectivity index (χ1v) is 7.51. The summed E-state index contributed by atoms with van der Waals surface area (Å²) in [5.41, 5.74) is 2.36. The molecule has 0 fully saturated rings. The number of benzene rings is 1. The normalized spacial score (nSPS) is 10.3. The van der Waals surface area contributed by atoms with E-state index in [1.807, 2.05) is 24.3 Å². The zero-order valence-corrected chi connectivity index (χ0v) is 13.9. The van der Waals surface area contributed by atoms with Gasteiger partial charge >= 0.3 is 0 Å². The van der Waals surface area contributed by atoms with Crippen molar-refractivity contribution in [1.29, 1.82) is 0 Å². The highest BCUT2D eigenvalue weighted by molar-refractivity contribution is 6.29. The van der Waals surface area contributed by atoms with E-state index in [4.69, 9.17) is 21.1 Å². The van der Waals surface area contributed by atoms with Gasteiger partial charge in [-0.25, -0.2) is 15.0 Å². The molecule has 0 unspecified atom stereocenters. The molecule has 0 aliphatic rings. The van der Waals surface area contributed by atoms with E-state index < -0.39 is 0 Å². The third-order valence-electron chi connectivity index (χ3n) is 3.29. The number of anilines is 2. The summed E-state index contributed by atoms with van der Waals surface area (Å²) in [4.78, 5) is 12.8. The molecule has 122 valence electrons. The van der Waals surface area contributed by atoms with Gasteiger partial charge in [-0.3, -0.25) is 0 Å². The molecule has 24 heavy (non-hydrogen) atoms. The topological polar surface area (TPSA) is 69.2 Å². The molecule has 1 aromatic carbocycles. The van der Waals surface area contributed by atoms with Crippen molar-refractivity contribution in [2.24, 2.45) is 0 Å². The van der Waals surface area contributed by atoms with Crippen LogP contribution < -0.4 is 14.8 Å². The molecular weight excluding hydrogens is 328 g/mol. The SMILES string of the molecule is COc1cc(Nc2nccc(-c3ccc(Cl)nc3)n2)cc(OC)c1. The fourth-order valence-electron chi connectivity index (χ4n) is 2.12. The Hall–Kier alpha value is -2.86. The summed E-state index contributed by atoms with van der Waals surface area (Å²) in [6.07, 6.45) is 3.35. The lowest BCUT2D eigenvalue weighted by Gasteiger charge is -2.10. The van der Waals surface area contributed by atoms with E-state index in [1.54, 1.807) is 38.7 Å². The van der Waals surface area contributed by atoms with Crippen molar-refractivity contribution in [1.82, 2.24) is 15.0 Å². The van der Waals surface area contributed by atoms with E-state index in [9.17, 15) is 0 Å². The molecule has 6 nitrogen and oxygen atoms in total. The van der Waals surface area contributed by atoms with Crippen LogP contribution in [0.25, 0.3) is 11.3 Å². The molecule has 0 amide bonds. The lowest BCUT2D eigenvalue weighted by atomic mass is 10.2. The Morgan fingerprint density at radius 2 is 1.71 bits per heavy atom. The second-order valence-electron chi connectivity index (χ2n) is 4.86. The first-order chi connectivity index (χ1) is 11.7. The minimum atomic E-state index is 0.439. The van der Waals surface area contributed by atoms with Gasteiger partial charge in [0.15, 0.2) is 0 Å². The van der Waals surface area contributed by atoms with Crippen LogP contribution in [0.3, 0.4) is 0 Å². The number of hydrogen-bond donors (Lipinski definition) is 1. The second kappa shape index (κ2) is 7.14. The van der Waals surface area contributed by atoms with Gasteiger partial charge in [-0.2, -0.15) is 0 Å². The molecule has 0 saturated heterocycles. The Labute approximate surface area is 144 Å². The van der Waals surface area contributed by atoms with Gasteiger partial charge < -0.3 is 14.8 Å². The van der Waals surface area contributed by atoms with Crippen molar-refractivity contribution in [3.8, 4) is 22.8 Å². The molecular formula is C17H15ClN4O2. The zero-order valence-electron chi connectivity index (χ0n) is 13.2. The predicted molar refractivity (Wildman–Crippen MR) is 93.1 cm³/mol. The van der Waals surface area contributed by atoms with Crippen molar-refractivity contribution in [3.05, 3.63) is 53.9 Å². The van der Waals surface area contributed by atoms with E-state index in [0.717, 1.165) is 16.9 Å². The summed E-state index contributed by atoms with van der Waals surface area (Å²) < 4.78 is 10.5.